The Morgan fingerprint density at radius 3 is 2.69 bits per heavy atom. The number of carbonyl (C=O) groups excluding carboxylic acids is 1. The van der Waals surface area contributed by atoms with E-state index in [0.717, 1.165) is 32.1 Å². The number of nitrogens with two attached hydrogens (primary N) is 1. The highest BCUT2D eigenvalue weighted by Gasteiger charge is 2.15. The fourth-order valence-corrected chi connectivity index (χ4v) is 1.94. The van der Waals surface area contributed by atoms with Crippen LogP contribution in [0.2, 0.25) is 0 Å². The molecule has 0 aromatic carbocycles. The summed E-state index contributed by atoms with van der Waals surface area (Å²) in [5.74, 6) is 0.840. The summed E-state index contributed by atoms with van der Waals surface area (Å²) in [6, 6.07) is -0.346. The van der Waals surface area contributed by atoms with Gasteiger partial charge in [-0.3, -0.25) is 4.79 Å². The summed E-state index contributed by atoms with van der Waals surface area (Å²) in [7, 11) is 0. The minimum absolute atomic E-state index is 0.0205. The molecule has 1 aliphatic rings. The number of piperidine rings is 1. The number of nitrogens with zero attached hydrogens (tertiary/aromatic N) is 1. The first-order valence-corrected chi connectivity index (χ1v) is 6.39. The highest BCUT2D eigenvalue weighted by Crippen LogP contribution is 2.14. The number of hydrogen-bond donors (Lipinski definition) is 2. The highest BCUT2D eigenvalue weighted by atomic mass is 16.2. The van der Waals surface area contributed by atoms with E-state index in [4.69, 9.17) is 5.73 Å². The zero-order valence-electron chi connectivity index (χ0n) is 10.5. The highest BCUT2D eigenvalue weighted by molar-refractivity contribution is 5.81. The first-order chi connectivity index (χ1) is 7.63. The topological polar surface area (TPSA) is 58.4 Å². The molecule has 1 saturated heterocycles. The predicted octanol–water partition coefficient (Wildman–Crippen LogP) is 0.572. The fourth-order valence-electron chi connectivity index (χ4n) is 1.94. The van der Waals surface area contributed by atoms with Gasteiger partial charge in [-0.25, -0.2) is 0 Å². The summed E-state index contributed by atoms with van der Waals surface area (Å²) in [5, 5.41) is 2.89. The van der Waals surface area contributed by atoms with Crippen LogP contribution in [0, 0.1) is 5.92 Å². The molecule has 0 spiro atoms. The lowest BCUT2D eigenvalue weighted by Gasteiger charge is -2.30. The monoisotopic (exact) mass is 227 g/mol. The maximum atomic E-state index is 11.4. The standard InChI is InChI=1S/C12H25N3O/c1-3-11(13)12(16)14-6-9-15-7-4-10(2)5-8-15/h10-11H,3-9,13H2,1-2H3,(H,14,16)/t11-/m0/s1. The average Bonchev–Trinajstić information content (AvgIpc) is 2.30. The van der Waals surface area contributed by atoms with Crippen LogP contribution < -0.4 is 11.1 Å². The van der Waals surface area contributed by atoms with Gasteiger partial charge in [0, 0.05) is 13.1 Å². The van der Waals surface area contributed by atoms with E-state index in [1.807, 2.05) is 6.92 Å². The number of carbonyl (C=O) groups is 1. The molecule has 0 saturated carbocycles. The minimum atomic E-state index is -0.346. The van der Waals surface area contributed by atoms with Crippen LogP contribution in [0.1, 0.15) is 33.1 Å². The molecule has 0 radical (unpaired) electrons. The lowest BCUT2D eigenvalue weighted by Crippen LogP contribution is -2.44. The van der Waals surface area contributed by atoms with Gasteiger partial charge in [0.05, 0.1) is 6.04 Å². The van der Waals surface area contributed by atoms with Crippen molar-refractivity contribution < 1.29 is 4.79 Å². The third kappa shape index (κ3) is 4.49. The van der Waals surface area contributed by atoms with Crippen molar-refractivity contribution in [2.24, 2.45) is 11.7 Å². The number of amides is 1. The molecule has 1 heterocycles. The summed E-state index contributed by atoms with van der Waals surface area (Å²) in [4.78, 5) is 13.8. The summed E-state index contributed by atoms with van der Waals surface area (Å²) in [5.41, 5.74) is 5.63. The molecule has 16 heavy (non-hydrogen) atoms. The van der Waals surface area contributed by atoms with Gasteiger partial charge in [-0.05, 0) is 38.3 Å². The Kier molecular flexibility index (Phi) is 5.77. The molecule has 1 fully saturated rings. The van der Waals surface area contributed by atoms with E-state index < -0.39 is 0 Å². The number of hydrogen-bond acceptors (Lipinski definition) is 3. The Bertz CT molecular complexity index is 212. The maximum absolute atomic E-state index is 11.4. The van der Waals surface area contributed by atoms with Crippen LogP contribution in [0.4, 0.5) is 0 Å². The first-order valence-electron chi connectivity index (χ1n) is 6.39. The summed E-state index contributed by atoms with van der Waals surface area (Å²) < 4.78 is 0. The quantitative estimate of drug-likeness (QED) is 0.722. The van der Waals surface area contributed by atoms with E-state index in [-0.39, 0.29) is 11.9 Å². The zero-order chi connectivity index (χ0) is 12.0. The van der Waals surface area contributed by atoms with Gasteiger partial charge in [0.2, 0.25) is 5.91 Å². The third-order valence-corrected chi connectivity index (χ3v) is 3.38. The summed E-state index contributed by atoms with van der Waals surface area (Å²) in [6.07, 6.45) is 3.26. The Morgan fingerprint density at radius 1 is 1.50 bits per heavy atom. The van der Waals surface area contributed by atoms with Crippen LogP contribution >= 0.6 is 0 Å². The molecule has 94 valence electrons. The molecule has 3 N–H and O–H groups in total. The van der Waals surface area contributed by atoms with Crippen molar-refractivity contribution >= 4 is 5.91 Å². The second kappa shape index (κ2) is 6.86. The van der Waals surface area contributed by atoms with Gasteiger partial charge in [0.15, 0.2) is 0 Å². The average molecular weight is 227 g/mol. The largest absolute Gasteiger partial charge is 0.353 e. The Morgan fingerprint density at radius 2 is 2.12 bits per heavy atom. The molecule has 0 aromatic rings. The molecular weight excluding hydrogens is 202 g/mol. The lowest BCUT2D eigenvalue weighted by molar-refractivity contribution is -0.122. The van der Waals surface area contributed by atoms with Crippen molar-refractivity contribution in [1.82, 2.24) is 10.2 Å². The molecule has 1 rings (SSSR count). The van der Waals surface area contributed by atoms with Crippen LogP contribution in [-0.2, 0) is 4.79 Å². The van der Waals surface area contributed by atoms with Gasteiger partial charge >= 0.3 is 0 Å². The predicted molar refractivity (Wildman–Crippen MR) is 66.1 cm³/mol. The van der Waals surface area contributed by atoms with Crippen LogP contribution in [0.5, 0.6) is 0 Å². The SMILES string of the molecule is CC[C@H](N)C(=O)NCCN1CCC(C)CC1. The molecule has 0 bridgehead atoms. The van der Waals surface area contributed by atoms with E-state index in [2.05, 4.69) is 17.1 Å². The Hall–Kier alpha value is -0.610. The molecule has 4 heteroatoms. The molecule has 0 unspecified atom stereocenters. The van der Waals surface area contributed by atoms with Crippen molar-refractivity contribution in [3.63, 3.8) is 0 Å². The van der Waals surface area contributed by atoms with Gasteiger partial charge in [0.1, 0.15) is 0 Å². The van der Waals surface area contributed by atoms with E-state index in [1.165, 1.54) is 12.8 Å². The van der Waals surface area contributed by atoms with Crippen LogP contribution in [-0.4, -0.2) is 43.0 Å². The zero-order valence-corrected chi connectivity index (χ0v) is 10.5. The molecule has 0 aromatic heterocycles. The second-order valence-electron chi connectivity index (χ2n) is 4.83. The van der Waals surface area contributed by atoms with Crippen molar-refractivity contribution in [3.8, 4) is 0 Å². The molecule has 1 aliphatic heterocycles. The molecule has 1 amide bonds. The third-order valence-electron chi connectivity index (χ3n) is 3.38. The molecule has 0 aliphatic carbocycles. The molecular formula is C12H25N3O. The van der Waals surface area contributed by atoms with Crippen molar-refractivity contribution in [2.75, 3.05) is 26.2 Å². The van der Waals surface area contributed by atoms with Crippen LogP contribution in [0.3, 0.4) is 0 Å². The van der Waals surface area contributed by atoms with Crippen molar-refractivity contribution in [1.29, 1.82) is 0 Å². The van der Waals surface area contributed by atoms with E-state index in [1.54, 1.807) is 0 Å². The van der Waals surface area contributed by atoms with Crippen LogP contribution in [0.25, 0.3) is 0 Å². The number of rotatable bonds is 5. The van der Waals surface area contributed by atoms with E-state index in [0.29, 0.717) is 6.42 Å². The van der Waals surface area contributed by atoms with Crippen LogP contribution in [0.15, 0.2) is 0 Å². The Labute approximate surface area is 98.6 Å². The number of likely N-dealkylation sites (tertiary alicyclic amines) is 1. The molecule has 4 nitrogen and oxygen atoms in total. The van der Waals surface area contributed by atoms with E-state index in [9.17, 15) is 4.79 Å². The minimum Gasteiger partial charge on any atom is -0.353 e. The van der Waals surface area contributed by atoms with Crippen molar-refractivity contribution in [3.05, 3.63) is 0 Å². The van der Waals surface area contributed by atoms with Gasteiger partial charge in [-0.2, -0.15) is 0 Å². The van der Waals surface area contributed by atoms with Gasteiger partial charge < -0.3 is 16.0 Å². The normalized spacial score (nSPS) is 20.7. The summed E-state index contributed by atoms with van der Waals surface area (Å²) in [6.45, 7) is 8.24. The maximum Gasteiger partial charge on any atom is 0.236 e. The lowest BCUT2D eigenvalue weighted by atomic mass is 9.99. The fraction of sp³-hybridized carbons (Fsp3) is 0.917. The van der Waals surface area contributed by atoms with Gasteiger partial charge in [-0.1, -0.05) is 13.8 Å². The Balaban J connectivity index is 2.09. The molecule has 1 atom stereocenters. The second-order valence-corrected chi connectivity index (χ2v) is 4.83. The van der Waals surface area contributed by atoms with Gasteiger partial charge in [-0.15, -0.1) is 0 Å². The summed E-state index contributed by atoms with van der Waals surface area (Å²) >= 11 is 0. The number of nitrogens with one attached hydrogen (secondary N) is 1. The van der Waals surface area contributed by atoms with Gasteiger partial charge in [0.25, 0.3) is 0 Å². The first kappa shape index (κ1) is 13.5. The van der Waals surface area contributed by atoms with E-state index >= 15 is 0 Å². The smallest absolute Gasteiger partial charge is 0.236 e. The van der Waals surface area contributed by atoms with Crippen molar-refractivity contribution in [2.45, 2.75) is 39.2 Å².